The lowest BCUT2D eigenvalue weighted by molar-refractivity contribution is 0.0983. The van der Waals surface area contributed by atoms with Crippen LogP contribution in [0.3, 0.4) is 0 Å². The van der Waals surface area contributed by atoms with Crippen molar-refractivity contribution in [3.63, 3.8) is 0 Å². The highest BCUT2D eigenvalue weighted by molar-refractivity contribution is 6.14. The van der Waals surface area contributed by atoms with Gasteiger partial charge in [-0.25, -0.2) is 0 Å². The quantitative estimate of drug-likeness (QED) is 0.533. The Morgan fingerprint density at radius 2 is 1.68 bits per heavy atom. The monoisotopic (exact) mass is 246 g/mol. The Morgan fingerprint density at radius 1 is 0.842 bits per heavy atom. The Morgan fingerprint density at radius 3 is 2.63 bits per heavy atom. The molecule has 1 aliphatic rings. The number of rotatable bonds is 0. The molecule has 0 atom stereocenters. The SMILES string of the molecule is O=C1CCCc2c3ccccc3cc3cccc1c23. The van der Waals surface area contributed by atoms with Crippen LogP contribution in [0.2, 0.25) is 0 Å². The largest absolute Gasteiger partial charge is 0.294 e. The Labute approximate surface area is 111 Å². The lowest BCUT2D eigenvalue weighted by Crippen LogP contribution is -1.97. The number of hydrogen-bond acceptors (Lipinski definition) is 1. The van der Waals surface area contributed by atoms with Gasteiger partial charge in [0.2, 0.25) is 0 Å². The summed E-state index contributed by atoms with van der Waals surface area (Å²) in [5.74, 6) is 0.291. The van der Waals surface area contributed by atoms with E-state index in [0.717, 1.165) is 18.4 Å². The van der Waals surface area contributed by atoms with Gasteiger partial charge in [-0.05, 0) is 46.0 Å². The molecule has 0 saturated carbocycles. The lowest BCUT2D eigenvalue weighted by atomic mass is 9.92. The molecule has 1 nitrogen and oxygen atoms in total. The van der Waals surface area contributed by atoms with Crippen molar-refractivity contribution < 1.29 is 4.79 Å². The first-order valence-electron chi connectivity index (χ1n) is 6.81. The standard InChI is InChI=1S/C18H14O/c19-17-10-4-8-15-14-7-2-1-5-12(14)11-13-6-3-9-16(17)18(13)15/h1-3,5-7,9,11H,4,8,10H2. The number of hydrogen-bond donors (Lipinski definition) is 0. The maximum absolute atomic E-state index is 12.2. The Hall–Kier alpha value is -2.15. The molecule has 4 rings (SSSR count). The fraction of sp³-hybridized carbons (Fsp3) is 0.167. The molecule has 0 unspecified atom stereocenters. The second-order valence-electron chi connectivity index (χ2n) is 5.26. The lowest BCUT2D eigenvalue weighted by Gasteiger charge is -2.11. The summed E-state index contributed by atoms with van der Waals surface area (Å²) < 4.78 is 0. The molecule has 92 valence electrons. The number of ketones is 1. The molecular weight excluding hydrogens is 232 g/mol. The first-order valence-corrected chi connectivity index (χ1v) is 6.81. The van der Waals surface area contributed by atoms with Crippen molar-refractivity contribution in [1.82, 2.24) is 0 Å². The minimum Gasteiger partial charge on any atom is -0.294 e. The third-order valence-electron chi connectivity index (χ3n) is 4.13. The van der Waals surface area contributed by atoms with Gasteiger partial charge in [-0.3, -0.25) is 4.79 Å². The van der Waals surface area contributed by atoms with Crippen LogP contribution in [0, 0.1) is 0 Å². The highest BCUT2D eigenvalue weighted by Crippen LogP contribution is 2.34. The smallest absolute Gasteiger partial charge is 0.163 e. The number of aryl methyl sites for hydroxylation is 1. The second kappa shape index (κ2) is 3.92. The van der Waals surface area contributed by atoms with E-state index in [1.165, 1.54) is 27.1 Å². The zero-order valence-electron chi connectivity index (χ0n) is 10.6. The van der Waals surface area contributed by atoms with Crippen molar-refractivity contribution in [3.8, 4) is 0 Å². The molecule has 0 N–H and O–H groups in total. The minimum absolute atomic E-state index is 0.291. The van der Waals surface area contributed by atoms with E-state index in [9.17, 15) is 4.79 Å². The Balaban J connectivity index is 2.27. The van der Waals surface area contributed by atoms with Gasteiger partial charge >= 0.3 is 0 Å². The predicted octanol–water partition coefficient (Wildman–Crippen LogP) is 4.51. The molecule has 0 radical (unpaired) electrons. The van der Waals surface area contributed by atoms with Gasteiger partial charge in [0.25, 0.3) is 0 Å². The highest BCUT2D eigenvalue weighted by atomic mass is 16.1. The van der Waals surface area contributed by atoms with Crippen LogP contribution in [0.4, 0.5) is 0 Å². The minimum atomic E-state index is 0.291. The van der Waals surface area contributed by atoms with E-state index in [4.69, 9.17) is 0 Å². The van der Waals surface area contributed by atoms with Crippen LogP contribution in [0.25, 0.3) is 21.5 Å². The Kier molecular flexibility index (Phi) is 2.22. The van der Waals surface area contributed by atoms with E-state index < -0.39 is 0 Å². The summed E-state index contributed by atoms with van der Waals surface area (Å²) in [6, 6.07) is 16.8. The highest BCUT2D eigenvalue weighted by Gasteiger charge is 2.18. The fourth-order valence-corrected chi connectivity index (χ4v) is 3.28. The summed E-state index contributed by atoms with van der Waals surface area (Å²) in [5, 5.41) is 4.96. The van der Waals surface area contributed by atoms with E-state index in [1.807, 2.05) is 12.1 Å². The molecule has 0 aromatic heterocycles. The van der Waals surface area contributed by atoms with Gasteiger partial charge in [-0.15, -0.1) is 0 Å². The van der Waals surface area contributed by atoms with Crippen molar-refractivity contribution in [3.05, 3.63) is 59.7 Å². The first-order chi connectivity index (χ1) is 9.34. The van der Waals surface area contributed by atoms with Crippen LogP contribution >= 0.6 is 0 Å². The van der Waals surface area contributed by atoms with E-state index in [0.29, 0.717) is 12.2 Å². The molecule has 0 heterocycles. The van der Waals surface area contributed by atoms with Crippen LogP contribution in [-0.2, 0) is 6.42 Å². The first kappa shape index (κ1) is 10.7. The molecule has 0 saturated heterocycles. The zero-order chi connectivity index (χ0) is 12.8. The maximum atomic E-state index is 12.2. The van der Waals surface area contributed by atoms with Crippen LogP contribution in [-0.4, -0.2) is 5.78 Å². The molecular formula is C18H14O. The van der Waals surface area contributed by atoms with Gasteiger partial charge in [-0.1, -0.05) is 42.5 Å². The molecule has 0 spiro atoms. The van der Waals surface area contributed by atoms with Crippen LogP contribution in [0.1, 0.15) is 28.8 Å². The van der Waals surface area contributed by atoms with Gasteiger partial charge in [0.1, 0.15) is 0 Å². The molecule has 1 aliphatic carbocycles. The van der Waals surface area contributed by atoms with Crippen molar-refractivity contribution >= 4 is 27.3 Å². The maximum Gasteiger partial charge on any atom is 0.163 e. The third kappa shape index (κ3) is 1.51. The predicted molar refractivity (Wildman–Crippen MR) is 78.7 cm³/mol. The molecule has 3 aromatic rings. The molecule has 0 amide bonds. The average Bonchev–Trinajstić information content (AvgIpc) is 2.61. The molecule has 0 aliphatic heterocycles. The molecule has 0 bridgehead atoms. The van der Waals surface area contributed by atoms with Gasteiger partial charge in [-0.2, -0.15) is 0 Å². The van der Waals surface area contributed by atoms with E-state index in [1.54, 1.807) is 0 Å². The Bertz CT molecular complexity index is 814. The fourth-order valence-electron chi connectivity index (χ4n) is 3.28. The molecule has 19 heavy (non-hydrogen) atoms. The number of Topliss-reactive ketones (excluding diaryl/α,β-unsaturated/α-hetero) is 1. The van der Waals surface area contributed by atoms with Crippen molar-refractivity contribution in [1.29, 1.82) is 0 Å². The number of carbonyl (C=O) groups excluding carboxylic acids is 1. The van der Waals surface area contributed by atoms with Gasteiger partial charge in [0, 0.05) is 12.0 Å². The topological polar surface area (TPSA) is 17.1 Å². The number of carbonyl (C=O) groups is 1. The number of benzene rings is 3. The summed E-state index contributed by atoms with van der Waals surface area (Å²) in [6.45, 7) is 0. The van der Waals surface area contributed by atoms with E-state index in [-0.39, 0.29) is 0 Å². The van der Waals surface area contributed by atoms with Crippen LogP contribution in [0.15, 0.2) is 48.5 Å². The van der Waals surface area contributed by atoms with Gasteiger partial charge < -0.3 is 0 Å². The van der Waals surface area contributed by atoms with Crippen molar-refractivity contribution in [2.24, 2.45) is 0 Å². The molecule has 1 heteroatoms. The normalized spacial score (nSPS) is 14.8. The summed E-state index contributed by atoms with van der Waals surface area (Å²) in [7, 11) is 0. The summed E-state index contributed by atoms with van der Waals surface area (Å²) in [4.78, 5) is 12.2. The van der Waals surface area contributed by atoms with Gasteiger partial charge in [0.15, 0.2) is 5.78 Å². The van der Waals surface area contributed by atoms with Crippen LogP contribution < -0.4 is 0 Å². The third-order valence-corrected chi connectivity index (χ3v) is 4.13. The molecule has 0 fully saturated rings. The van der Waals surface area contributed by atoms with E-state index in [2.05, 4.69) is 36.4 Å². The van der Waals surface area contributed by atoms with E-state index >= 15 is 0 Å². The molecule has 3 aromatic carbocycles. The summed E-state index contributed by atoms with van der Waals surface area (Å²) >= 11 is 0. The van der Waals surface area contributed by atoms with Crippen molar-refractivity contribution in [2.45, 2.75) is 19.3 Å². The zero-order valence-corrected chi connectivity index (χ0v) is 10.6. The number of fused-ring (bicyclic) bond motifs is 2. The van der Waals surface area contributed by atoms with Gasteiger partial charge in [0.05, 0.1) is 0 Å². The van der Waals surface area contributed by atoms with Crippen molar-refractivity contribution in [2.75, 3.05) is 0 Å². The summed E-state index contributed by atoms with van der Waals surface area (Å²) in [5.41, 5.74) is 2.27. The summed E-state index contributed by atoms with van der Waals surface area (Å²) in [6.07, 6.45) is 2.62. The second-order valence-corrected chi connectivity index (χ2v) is 5.26. The van der Waals surface area contributed by atoms with Crippen LogP contribution in [0.5, 0.6) is 0 Å². The average molecular weight is 246 g/mol.